The van der Waals surface area contributed by atoms with Crippen molar-refractivity contribution in [1.82, 2.24) is 4.90 Å². The van der Waals surface area contributed by atoms with Gasteiger partial charge in [0, 0.05) is 35.4 Å². The number of ketones is 1. The van der Waals surface area contributed by atoms with E-state index in [1.807, 2.05) is 44.2 Å². The van der Waals surface area contributed by atoms with E-state index in [2.05, 4.69) is 4.90 Å². The molecule has 170 valence electrons. The normalized spacial score (nSPS) is 21.6. The summed E-state index contributed by atoms with van der Waals surface area (Å²) < 4.78 is 5.61. The fourth-order valence-electron chi connectivity index (χ4n) is 4.13. The Morgan fingerprint density at radius 2 is 2.00 bits per heavy atom. The lowest BCUT2D eigenvalue weighted by atomic mass is 9.94. The molecule has 2 aromatic rings. The maximum Gasteiger partial charge on any atom is 0.328 e. The smallest absolute Gasteiger partial charge is 0.328 e. The largest absolute Gasteiger partial charge is 0.478 e. The Bertz CT molecular complexity index is 1050. The van der Waals surface area contributed by atoms with Gasteiger partial charge in [0.15, 0.2) is 5.78 Å². The van der Waals surface area contributed by atoms with E-state index in [9.17, 15) is 14.7 Å². The van der Waals surface area contributed by atoms with Crippen molar-refractivity contribution in [2.75, 3.05) is 13.1 Å². The zero-order valence-corrected chi connectivity index (χ0v) is 20.4. The minimum atomic E-state index is -0.962. The van der Waals surface area contributed by atoms with Gasteiger partial charge in [0.05, 0.1) is 10.9 Å². The second-order valence-corrected chi connectivity index (χ2v) is 11.2. The van der Waals surface area contributed by atoms with Crippen molar-refractivity contribution in [3.05, 3.63) is 64.1 Å². The molecule has 2 fully saturated rings. The van der Waals surface area contributed by atoms with E-state index in [0.29, 0.717) is 18.1 Å². The topological polar surface area (TPSA) is 70.8 Å². The van der Waals surface area contributed by atoms with Crippen molar-refractivity contribution in [3.63, 3.8) is 0 Å². The molecule has 0 spiro atoms. The number of furan rings is 1. The highest BCUT2D eigenvalue weighted by Crippen LogP contribution is 2.45. The van der Waals surface area contributed by atoms with E-state index in [1.54, 1.807) is 21.6 Å². The molecule has 2 heterocycles. The van der Waals surface area contributed by atoms with Gasteiger partial charge >= 0.3 is 5.97 Å². The van der Waals surface area contributed by atoms with E-state index in [-0.39, 0.29) is 17.0 Å². The van der Waals surface area contributed by atoms with Crippen molar-refractivity contribution in [2.24, 2.45) is 5.92 Å². The number of likely N-dealkylation sites (tertiary alicyclic amines) is 1. The van der Waals surface area contributed by atoms with Crippen molar-refractivity contribution in [3.8, 4) is 0 Å². The molecule has 1 N–H and O–H groups in total. The molecule has 2 atom stereocenters. The summed E-state index contributed by atoms with van der Waals surface area (Å²) in [5.41, 5.74) is 1.63. The lowest BCUT2D eigenvalue weighted by molar-refractivity contribution is -0.131. The number of aliphatic carboxylic acids is 1. The van der Waals surface area contributed by atoms with Gasteiger partial charge in [-0.2, -0.15) is 0 Å². The van der Waals surface area contributed by atoms with Gasteiger partial charge in [-0.05, 0) is 56.4 Å². The molecule has 1 aliphatic carbocycles. The number of nitrogens with zero attached hydrogens (tertiary/aromatic N) is 1. The van der Waals surface area contributed by atoms with E-state index in [0.717, 1.165) is 46.8 Å². The number of piperidine rings is 1. The Kier molecular flexibility index (Phi) is 7.40. The van der Waals surface area contributed by atoms with Gasteiger partial charge in [-0.1, -0.05) is 51.4 Å². The Labute approximate surface area is 201 Å². The van der Waals surface area contributed by atoms with Crippen molar-refractivity contribution >= 4 is 44.9 Å². The molecule has 1 aliphatic heterocycles. The number of rotatable bonds is 8. The summed E-state index contributed by atoms with van der Waals surface area (Å²) in [6.45, 7) is 4.99. The second-order valence-electron chi connectivity index (χ2n) is 8.36. The van der Waals surface area contributed by atoms with Crippen molar-refractivity contribution in [1.29, 1.82) is 0 Å². The summed E-state index contributed by atoms with van der Waals surface area (Å²) in [5, 5.41) is 10.1. The van der Waals surface area contributed by atoms with Crippen LogP contribution in [0.2, 0.25) is 5.02 Å². The molecule has 5 nitrogen and oxygen atoms in total. The van der Waals surface area contributed by atoms with Crippen LogP contribution in [0.15, 0.2) is 51.3 Å². The fraction of sp³-hybridized carbons (Fsp3) is 0.417. The number of carboxylic acids is 1. The van der Waals surface area contributed by atoms with Crippen LogP contribution in [0.3, 0.4) is 0 Å². The Morgan fingerprint density at radius 1 is 1.25 bits per heavy atom. The number of benzene rings is 1. The highest BCUT2D eigenvalue weighted by molar-refractivity contribution is 8.77. The van der Waals surface area contributed by atoms with Crippen LogP contribution in [0.25, 0.3) is 0 Å². The molecule has 2 aliphatic rings. The third kappa shape index (κ3) is 5.45. The number of carboxylic acid groups (broad SMARTS) is 1. The summed E-state index contributed by atoms with van der Waals surface area (Å²) in [4.78, 5) is 28.0. The molecule has 32 heavy (non-hydrogen) atoms. The molecular weight excluding hydrogens is 466 g/mol. The number of Topliss-reactive ketones (excluding diaryl/α,β-unsaturated/α-hetero) is 1. The van der Waals surface area contributed by atoms with Crippen molar-refractivity contribution < 1.29 is 19.1 Å². The van der Waals surface area contributed by atoms with Gasteiger partial charge in [-0.25, -0.2) is 4.79 Å². The zero-order valence-electron chi connectivity index (χ0n) is 18.0. The number of hydrogen-bond acceptors (Lipinski definition) is 6. The first-order valence-corrected chi connectivity index (χ1v) is 13.3. The molecule has 1 saturated carbocycles. The van der Waals surface area contributed by atoms with E-state index >= 15 is 0 Å². The van der Waals surface area contributed by atoms with Crippen molar-refractivity contribution in [2.45, 2.75) is 49.3 Å². The minimum absolute atomic E-state index is 0.0462. The van der Waals surface area contributed by atoms with Crippen LogP contribution in [0.4, 0.5) is 0 Å². The van der Waals surface area contributed by atoms with Gasteiger partial charge in [0.1, 0.15) is 11.5 Å². The summed E-state index contributed by atoms with van der Waals surface area (Å²) in [6, 6.07) is 9.05. The summed E-state index contributed by atoms with van der Waals surface area (Å²) >= 11 is 6.49. The molecular formula is C24H26ClNO4S2. The second kappa shape index (κ2) is 10.1. The molecule has 0 amide bonds. The third-order valence-electron chi connectivity index (χ3n) is 5.85. The Hall–Kier alpha value is -1.67. The zero-order chi connectivity index (χ0) is 22.8. The minimum Gasteiger partial charge on any atom is -0.478 e. The summed E-state index contributed by atoms with van der Waals surface area (Å²) in [7, 11) is 3.27. The third-order valence-corrected chi connectivity index (χ3v) is 9.17. The molecule has 1 saturated heterocycles. The standard InChI is InChI=1S/C24H26ClNO4S2/c1-14-11-21(15(2)30-14)32-31-20-9-10-26(13-17(20)12-22(27)28)23(24(29)16-7-8-16)18-5-3-4-6-19(18)25/h3-6,11-12,16,20,23H,7-10,13H2,1-2H3,(H,27,28)/b17-12-. The first-order valence-electron chi connectivity index (χ1n) is 10.7. The van der Waals surface area contributed by atoms with Crippen LogP contribution in [-0.4, -0.2) is 40.1 Å². The molecule has 1 aromatic carbocycles. The SMILES string of the molecule is Cc1cc(SSC2CCN(C(C(=O)C3CC3)c3ccccc3Cl)C/C2=C/C(=O)O)c(C)o1. The van der Waals surface area contributed by atoms with Gasteiger partial charge in [0.25, 0.3) is 0 Å². The lowest BCUT2D eigenvalue weighted by Gasteiger charge is -2.38. The van der Waals surface area contributed by atoms with E-state index < -0.39 is 12.0 Å². The molecule has 1 aromatic heterocycles. The number of carbonyl (C=O) groups is 2. The average Bonchev–Trinajstić information content (AvgIpc) is 3.53. The lowest BCUT2D eigenvalue weighted by Crippen LogP contribution is -2.43. The van der Waals surface area contributed by atoms with Gasteiger partial charge in [0.2, 0.25) is 0 Å². The fourth-order valence-corrected chi connectivity index (χ4v) is 7.24. The highest BCUT2D eigenvalue weighted by Gasteiger charge is 2.41. The van der Waals surface area contributed by atoms with Crippen LogP contribution < -0.4 is 0 Å². The van der Waals surface area contributed by atoms with Crippen LogP contribution in [-0.2, 0) is 9.59 Å². The predicted molar refractivity (Wildman–Crippen MR) is 129 cm³/mol. The number of carbonyl (C=O) groups excluding carboxylic acids is 1. The number of aryl methyl sites for hydroxylation is 2. The van der Waals surface area contributed by atoms with Crippen LogP contribution in [0.1, 0.15) is 42.4 Å². The molecule has 4 rings (SSSR count). The average molecular weight is 492 g/mol. The number of halogens is 1. The van der Waals surface area contributed by atoms with Crippen LogP contribution >= 0.6 is 33.2 Å². The maximum absolute atomic E-state index is 13.3. The van der Waals surface area contributed by atoms with Gasteiger partial charge < -0.3 is 9.52 Å². The maximum atomic E-state index is 13.3. The highest BCUT2D eigenvalue weighted by atomic mass is 35.5. The Balaban J connectivity index is 1.55. The first-order chi connectivity index (χ1) is 15.3. The summed E-state index contributed by atoms with van der Waals surface area (Å²) in [5.74, 6) is 1.05. The summed E-state index contributed by atoms with van der Waals surface area (Å²) in [6.07, 6.45) is 3.91. The Morgan fingerprint density at radius 3 is 2.62 bits per heavy atom. The van der Waals surface area contributed by atoms with E-state index in [1.165, 1.54) is 6.08 Å². The monoisotopic (exact) mass is 491 g/mol. The van der Waals surface area contributed by atoms with Crippen LogP contribution in [0.5, 0.6) is 0 Å². The molecule has 0 bridgehead atoms. The molecule has 0 radical (unpaired) electrons. The first kappa shape index (κ1) is 23.5. The van der Waals surface area contributed by atoms with Gasteiger partial charge in [-0.15, -0.1) is 0 Å². The molecule has 8 heteroatoms. The van der Waals surface area contributed by atoms with Crippen LogP contribution in [0, 0.1) is 19.8 Å². The van der Waals surface area contributed by atoms with Gasteiger partial charge in [-0.3, -0.25) is 9.69 Å². The predicted octanol–water partition coefficient (Wildman–Crippen LogP) is 6.10. The quantitative estimate of drug-likeness (QED) is 0.353. The molecule has 2 unspecified atom stereocenters. The number of hydrogen-bond donors (Lipinski definition) is 1. The van der Waals surface area contributed by atoms with E-state index in [4.69, 9.17) is 16.0 Å².